The Hall–Kier alpha value is -2.17. The zero-order valence-electron chi connectivity index (χ0n) is 8.88. The first kappa shape index (κ1) is 12.3. The van der Waals surface area contributed by atoms with Crippen molar-refractivity contribution in [2.45, 2.75) is 0 Å². The molecule has 18 heavy (non-hydrogen) atoms. The van der Waals surface area contributed by atoms with Gasteiger partial charge in [0.15, 0.2) is 17.9 Å². The highest BCUT2D eigenvalue weighted by atomic mass is 19.2. The van der Waals surface area contributed by atoms with Gasteiger partial charge in [-0.1, -0.05) is 0 Å². The third-order valence-corrected chi connectivity index (χ3v) is 2.39. The standard InChI is InChI=1S/C13H6F4O/c14-9-1-7(2-10(15)4-9)11-5-13(17)12(16)3-8(11)6-18/h1-6H. The molecule has 2 aromatic rings. The van der Waals surface area contributed by atoms with Gasteiger partial charge in [-0.3, -0.25) is 4.79 Å². The summed E-state index contributed by atoms with van der Waals surface area (Å²) >= 11 is 0. The summed E-state index contributed by atoms with van der Waals surface area (Å²) < 4.78 is 52.1. The Morgan fingerprint density at radius 3 is 1.89 bits per heavy atom. The van der Waals surface area contributed by atoms with Crippen LogP contribution in [0.5, 0.6) is 0 Å². The lowest BCUT2D eigenvalue weighted by Gasteiger charge is -2.06. The van der Waals surface area contributed by atoms with Gasteiger partial charge in [0.1, 0.15) is 11.6 Å². The van der Waals surface area contributed by atoms with Gasteiger partial charge in [-0.2, -0.15) is 0 Å². The Balaban J connectivity index is 2.69. The lowest BCUT2D eigenvalue weighted by atomic mass is 10.00. The molecular weight excluding hydrogens is 248 g/mol. The van der Waals surface area contributed by atoms with Crippen LogP contribution in [0.1, 0.15) is 10.4 Å². The van der Waals surface area contributed by atoms with E-state index >= 15 is 0 Å². The van der Waals surface area contributed by atoms with Gasteiger partial charge in [-0.15, -0.1) is 0 Å². The second-order valence-electron chi connectivity index (χ2n) is 3.63. The van der Waals surface area contributed by atoms with Crippen molar-refractivity contribution in [3.05, 3.63) is 59.2 Å². The predicted octanol–water partition coefficient (Wildman–Crippen LogP) is 3.72. The minimum absolute atomic E-state index is 0.0338. The van der Waals surface area contributed by atoms with E-state index in [-0.39, 0.29) is 16.7 Å². The largest absolute Gasteiger partial charge is 0.298 e. The number of halogens is 4. The molecule has 2 rings (SSSR count). The van der Waals surface area contributed by atoms with Crippen molar-refractivity contribution in [3.8, 4) is 11.1 Å². The zero-order valence-corrected chi connectivity index (χ0v) is 8.88. The van der Waals surface area contributed by atoms with Crippen LogP contribution in [0.25, 0.3) is 11.1 Å². The normalized spacial score (nSPS) is 10.4. The first-order valence-corrected chi connectivity index (χ1v) is 4.92. The van der Waals surface area contributed by atoms with Crippen molar-refractivity contribution in [3.63, 3.8) is 0 Å². The minimum Gasteiger partial charge on any atom is -0.298 e. The van der Waals surface area contributed by atoms with E-state index in [1.54, 1.807) is 0 Å². The molecule has 0 bridgehead atoms. The van der Waals surface area contributed by atoms with Crippen LogP contribution in [0.3, 0.4) is 0 Å². The van der Waals surface area contributed by atoms with Crippen molar-refractivity contribution in [1.82, 2.24) is 0 Å². The average Bonchev–Trinajstić information content (AvgIpc) is 2.30. The Morgan fingerprint density at radius 2 is 1.33 bits per heavy atom. The maximum absolute atomic E-state index is 13.1. The number of carbonyl (C=O) groups excluding carboxylic acids is 1. The predicted molar refractivity (Wildman–Crippen MR) is 57.1 cm³/mol. The van der Waals surface area contributed by atoms with E-state index < -0.39 is 23.3 Å². The molecule has 0 unspecified atom stereocenters. The van der Waals surface area contributed by atoms with E-state index in [2.05, 4.69) is 0 Å². The van der Waals surface area contributed by atoms with E-state index in [0.29, 0.717) is 18.4 Å². The lowest BCUT2D eigenvalue weighted by Crippen LogP contribution is -1.94. The fourth-order valence-electron chi connectivity index (χ4n) is 1.62. The highest BCUT2D eigenvalue weighted by molar-refractivity contribution is 5.87. The zero-order chi connectivity index (χ0) is 13.3. The van der Waals surface area contributed by atoms with Crippen molar-refractivity contribution in [1.29, 1.82) is 0 Å². The fourth-order valence-corrected chi connectivity index (χ4v) is 1.62. The number of carbonyl (C=O) groups is 1. The second-order valence-corrected chi connectivity index (χ2v) is 3.63. The molecule has 0 aliphatic rings. The Morgan fingerprint density at radius 1 is 0.778 bits per heavy atom. The molecule has 5 heteroatoms. The van der Waals surface area contributed by atoms with Crippen molar-refractivity contribution < 1.29 is 22.4 Å². The molecular formula is C13H6F4O. The van der Waals surface area contributed by atoms with E-state index in [1.165, 1.54) is 0 Å². The lowest BCUT2D eigenvalue weighted by molar-refractivity contribution is 0.112. The quantitative estimate of drug-likeness (QED) is 0.589. The van der Waals surface area contributed by atoms with Crippen LogP contribution in [0.4, 0.5) is 17.6 Å². The van der Waals surface area contributed by atoms with Crippen molar-refractivity contribution >= 4 is 6.29 Å². The van der Waals surface area contributed by atoms with Crippen molar-refractivity contribution in [2.75, 3.05) is 0 Å². The smallest absolute Gasteiger partial charge is 0.159 e. The van der Waals surface area contributed by atoms with E-state index in [1.807, 2.05) is 0 Å². The topological polar surface area (TPSA) is 17.1 Å². The Kier molecular flexibility index (Phi) is 3.14. The molecule has 2 aromatic carbocycles. The molecule has 0 radical (unpaired) electrons. The maximum atomic E-state index is 13.1. The van der Waals surface area contributed by atoms with Crippen molar-refractivity contribution in [2.24, 2.45) is 0 Å². The molecule has 0 aliphatic carbocycles. The van der Waals surface area contributed by atoms with Crippen LogP contribution in [-0.4, -0.2) is 6.29 Å². The third kappa shape index (κ3) is 2.25. The van der Waals surface area contributed by atoms with E-state index in [4.69, 9.17) is 0 Å². The molecule has 0 aromatic heterocycles. The average molecular weight is 254 g/mol. The Labute approximate surface area is 99.7 Å². The summed E-state index contributed by atoms with van der Waals surface area (Å²) in [4.78, 5) is 10.8. The molecule has 1 nitrogen and oxygen atoms in total. The number of rotatable bonds is 2. The highest BCUT2D eigenvalue weighted by Gasteiger charge is 2.12. The monoisotopic (exact) mass is 254 g/mol. The molecule has 0 saturated heterocycles. The molecule has 92 valence electrons. The number of hydrogen-bond acceptors (Lipinski definition) is 1. The molecule has 0 amide bonds. The summed E-state index contributed by atoms with van der Waals surface area (Å²) in [7, 11) is 0. The molecule has 0 atom stereocenters. The molecule has 0 fully saturated rings. The van der Waals surface area contributed by atoms with E-state index in [9.17, 15) is 22.4 Å². The second kappa shape index (κ2) is 4.60. The SMILES string of the molecule is O=Cc1cc(F)c(F)cc1-c1cc(F)cc(F)c1. The van der Waals surface area contributed by atoms with Gasteiger partial charge in [0, 0.05) is 11.6 Å². The Bertz CT molecular complexity index is 602. The van der Waals surface area contributed by atoms with Gasteiger partial charge in [-0.05, 0) is 35.4 Å². The number of aldehydes is 1. The van der Waals surface area contributed by atoms with Crippen LogP contribution in [0, 0.1) is 23.3 Å². The number of benzene rings is 2. The molecule has 0 heterocycles. The first-order valence-electron chi connectivity index (χ1n) is 4.92. The van der Waals surface area contributed by atoms with Gasteiger partial charge in [-0.25, -0.2) is 17.6 Å². The summed E-state index contributed by atoms with van der Waals surface area (Å²) in [5.74, 6) is -4.13. The van der Waals surface area contributed by atoms with Crippen LogP contribution in [0.2, 0.25) is 0 Å². The van der Waals surface area contributed by atoms with Gasteiger partial charge in [0.05, 0.1) is 0 Å². The summed E-state index contributed by atoms with van der Waals surface area (Å²) in [6, 6.07) is 3.92. The fraction of sp³-hybridized carbons (Fsp3) is 0. The van der Waals surface area contributed by atoms with Gasteiger partial charge in [0.25, 0.3) is 0 Å². The molecule has 0 saturated carbocycles. The summed E-state index contributed by atoms with van der Waals surface area (Å²) in [5, 5.41) is 0. The van der Waals surface area contributed by atoms with E-state index in [0.717, 1.165) is 18.2 Å². The van der Waals surface area contributed by atoms with Crippen LogP contribution in [-0.2, 0) is 0 Å². The summed E-state index contributed by atoms with van der Waals surface area (Å²) in [6.07, 6.45) is 0.292. The highest BCUT2D eigenvalue weighted by Crippen LogP contribution is 2.26. The molecule has 0 spiro atoms. The van der Waals surface area contributed by atoms with Crippen LogP contribution < -0.4 is 0 Å². The van der Waals surface area contributed by atoms with Gasteiger partial charge < -0.3 is 0 Å². The third-order valence-electron chi connectivity index (χ3n) is 2.39. The maximum Gasteiger partial charge on any atom is 0.159 e. The van der Waals surface area contributed by atoms with Gasteiger partial charge >= 0.3 is 0 Å². The van der Waals surface area contributed by atoms with Crippen LogP contribution >= 0.6 is 0 Å². The summed E-state index contributed by atoms with van der Waals surface area (Å²) in [5.41, 5.74) is -0.283. The number of hydrogen-bond donors (Lipinski definition) is 0. The molecule has 0 N–H and O–H groups in total. The minimum atomic E-state index is -1.20. The van der Waals surface area contributed by atoms with Crippen LogP contribution in [0.15, 0.2) is 30.3 Å². The first-order chi connectivity index (χ1) is 8.51. The van der Waals surface area contributed by atoms with Gasteiger partial charge in [0.2, 0.25) is 0 Å². The summed E-state index contributed by atoms with van der Waals surface area (Å²) in [6.45, 7) is 0. The molecule has 0 aliphatic heterocycles.